The van der Waals surface area contributed by atoms with Crippen LogP contribution in [0.5, 0.6) is 0 Å². The van der Waals surface area contributed by atoms with Crippen LogP contribution in [0.2, 0.25) is 0 Å². The number of carbonyl (C=O) groups is 1. The van der Waals surface area contributed by atoms with E-state index in [-0.39, 0.29) is 12.5 Å². The summed E-state index contributed by atoms with van der Waals surface area (Å²) in [7, 11) is 0. The lowest BCUT2D eigenvalue weighted by Gasteiger charge is -2.22. The van der Waals surface area contributed by atoms with Gasteiger partial charge in [0.15, 0.2) is 0 Å². The van der Waals surface area contributed by atoms with Crippen molar-refractivity contribution in [3.05, 3.63) is 72.9 Å². The van der Waals surface area contributed by atoms with Crippen LogP contribution in [-0.2, 0) is 4.79 Å². The van der Waals surface area contributed by atoms with Gasteiger partial charge in [-0.15, -0.1) is 0 Å². The number of unbranched alkanes of at least 4 members (excludes halogenated alkanes) is 36. The van der Waals surface area contributed by atoms with Crippen LogP contribution in [0.25, 0.3) is 0 Å². The van der Waals surface area contributed by atoms with Crippen molar-refractivity contribution in [1.82, 2.24) is 5.32 Å². The van der Waals surface area contributed by atoms with Crippen molar-refractivity contribution in [1.29, 1.82) is 0 Å². The van der Waals surface area contributed by atoms with Gasteiger partial charge < -0.3 is 15.5 Å². The van der Waals surface area contributed by atoms with E-state index in [1.165, 1.54) is 218 Å². The molecule has 68 heavy (non-hydrogen) atoms. The summed E-state index contributed by atoms with van der Waals surface area (Å²) in [6.45, 7) is 4.27. The first-order valence-electron chi connectivity index (χ1n) is 30.1. The molecule has 1 amide bonds. The first kappa shape index (κ1) is 65.8. The van der Waals surface area contributed by atoms with E-state index >= 15 is 0 Å². The summed E-state index contributed by atoms with van der Waals surface area (Å²) in [6.07, 6.45) is 84.7. The van der Waals surface area contributed by atoms with Gasteiger partial charge in [0.1, 0.15) is 0 Å². The Morgan fingerprint density at radius 1 is 0.368 bits per heavy atom. The smallest absolute Gasteiger partial charge is 0.220 e. The molecule has 0 aromatic carbocycles. The predicted octanol–water partition coefficient (Wildman–Crippen LogP) is 20.1. The third-order valence-corrected chi connectivity index (χ3v) is 13.7. The van der Waals surface area contributed by atoms with Gasteiger partial charge in [0.2, 0.25) is 5.91 Å². The number of amides is 1. The summed E-state index contributed by atoms with van der Waals surface area (Å²) in [6, 6.07) is -0.544. The molecule has 0 rings (SSSR count). The maximum Gasteiger partial charge on any atom is 0.220 e. The second-order valence-electron chi connectivity index (χ2n) is 20.4. The molecule has 0 fully saturated rings. The third-order valence-electron chi connectivity index (χ3n) is 13.7. The minimum Gasteiger partial charge on any atom is -0.394 e. The highest BCUT2D eigenvalue weighted by molar-refractivity contribution is 5.76. The molecule has 0 saturated heterocycles. The molecular formula is C64H117NO3. The fourth-order valence-electron chi connectivity index (χ4n) is 9.19. The highest BCUT2D eigenvalue weighted by atomic mass is 16.3. The molecule has 3 N–H and O–H groups in total. The normalized spacial score (nSPS) is 13.3. The fourth-order valence-corrected chi connectivity index (χ4v) is 9.19. The van der Waals surface area contributed by atoms with Crippen molar-refractivity contribution in [3.8, 4) is 0 Å². The quantitative estimate of drug-likeness (QED) is 0.0420. The number of allylic oxidation sites excluding steroid dienone is 12. The summed E-state index contributed by atoms with van der Waals surface area (Å²) >= 11 is 0. The molecule has 2 atom stereocenters. The molecule has 0 aromatic heterocycles. The Labute approximate surface area is 425 Å². The Kier molecular flexibility index (Phi) is 57.3. The molecule has 0 aliphatic heterocycles. The van der Waals surface area contributed by atoms with Gasteiger partial charge in [0, 0.05) is 6.42 Å². The van der Waals surface area contributed by atoms with Gasteiger partial charge in [-0.2, -0.15) is 0 Å². The minimum absolute atomic E-state index is 0.0349. The van der Waals surface area contributed by atoms with Crippen molar-refractivity contribution in [2.75, 3.05) is 6.61 Å². The van der Waals surface area contributed by atoms with E-state index in [4.69, 9.17) is 0 Å². The molecule has 0 heterocycles. The van der Waals surface area contributed by atoms with Crippen LogP contribution in [-0.4, -0.2) is 34.9 Å². The first-order chi connectivity index (χ1) is 33.7. The van der Waals surface area contributed by atoms with Crippen molar-refractivity contribution in [3.63, 3.8) is 0 Å². The number of aliphatic hydroxyl groups excluding tert-OH is 2. The zero-order valence-corrected chi connectivity index (χ0v) is 45.6. The zero-order valence-electron chi connectivity index (χ0n) is 45.6. The number of rotatable bonds is 55. The molecule has 2 unspecified atom stereocenters. The van der Waals surface area contributed by atoms with E-state index in [0.717, 1.165) is 64.2 Å². The monoisotopic (exact) mass is 948 g/mol. The van der Waals surface area contributed by atoms with Gasteiger partial charge in [-0.1, -0.05) is 311 Å². The summed E-state index contributed by atoms with van der Waals surface area (Å²) in [5.41, 5.74) is 0. The molecule has 4 heteroatoms. The molecule has 0 aliphatic rings. The molecule has 0 bridgehead atoms. The summed E-state index contributed by atoms with van der Waals surface area (Å²) in [5.74, 6) is -0.0349. The van der Waals surface area contributed by atoms with E-state index < -0.39 is 12.1 Å². The Bertz CT molecular complexity index is 1170. The Morgan fingerprint density at radius 3 is 0.971 bits per heavy atom. The van der Waals surface area contributed by atoms with Gasteiger partial charge in [0.05, 0.1) is 18.8 Å². The van der Waals surface area contributed by atoms with Crippen molar-refractivity contribution in [2.24, 2.45) is 0 Å². The lowest BCUT2D eigenvalue weighted by Crippen LogP contribution is -2.45. The second-order valence-corrected chi connectivity index (χ2v) is 20.4. The van der Waals surface area contributed by atoms with E-state index in [0.29, 0.717) is 12.8 Å². The van der Waals surface area contributed by atoms with Gasteiger partial charge in [-0.05, 0) is 64.2 Å². The van der Waals surface area contributed by atoms with E-state index in [1.54, 1.807) is 0 Å². The largest absolute Gasteiger partial charge is 0.394 e. The predicted molar refractivity (Wildman–Crippen MR) is 304 cm³/mol. The van der Waals surface area contributed by atoms with Crippen LogP contribution in [0.1, 0.15) is 309 Å². The van der Waals surface area contributed by atoms with Gasteiger partial charge in [-0.3, -0.25) is 4.79 Å². The Balaban J connectivity index is 3.49. The van der Waals surface area contributed by atoms with Crippen molar-refractivity contribution in [2.45, 2.75) is 321 Å². The average Bonchev–Trinajstić information content (AvgIpc) is 3.34. The molecule has 396 valence electrons. The van der Waals surface area contributed by atoms with Gasteiger partial charge in [-0.25, -0.2) is 0 Å². The molecular weight excluding hydrogens is 831 g/mol. The highest BCUT2D eigenvalue weighted by Crippen LogP contribution is 2.18. The number of nitrogens with one attached hydrogen (secondary N) is 1. The maximum absolute atomic E-state index is 12.5. The molecule has 0 spiro atoms. The van der Waals surface area contributed by atoms with Gasteiger partial charge >= 0.3 is 0 Å². The van der Waals surface area contributed by atoms with Crippen LogP contribution in [0.4, 0.5) is 0 Å². The van der Waals surface area contributed by atoms with Crippen LogP contribution in [0, 0.1) is 0 Å². The zero-order chi connectivity index (χ0) is 49.2. The summed E-state index contributed by atoms with van der Waals surface area (Å²) in [5, 5.41) is 23.4. The van der Waals surface area contributed by atoms with E-state index in [2.05, 4.69) is 92.1 Å². The Hall–Kier alpha value is -2.17. The van der Waals surface area contributed by atoms with Crippen LogP contribution < -0.4 is 5.32 Å². The van der Waals surface area contributed by atoms with Crippen LogP contribution in [0.15, 0.2) is 72.9 Å². The summed E-state index contributed by atoms with van der Waals surface area (Å²) < 4.78 is 0. The van der Waals surface area contributed by atoms with Crippen molar-refractivity contribution >= 4 is 5.91 Å². The molecule has 0 saturated carbocycles. The second kappa shape index (κ2) is 59.1. The van der Waals surface area contributed by atoms with Gasteiger partial charge in [0.25, 0.3) is 0 Å². The molecule has 0 radical (unpaired) electrons. The maximum atomic E-state index is 12.5. The fraction of sp³-hybridized carbons (Fsp3) is 0.797. The van der Waals surface area contributed by atoms with Crippen LogP contribution in [0.3, 0.4) is 0 Å². The number of hydrogen-bond donors (Lipinski definition) is 3. The molecule has 4 nitrogen and oxygen atoms in total. The SMILES string of the molecule is CC/C=C\C/C=C\C/C=C\C/C=C\C/C=C\C/C=C\CCCCCCCCCCCCC(=O)NC(CO)C(O)CCCCCCCCCCCCCCCCCCCCCCCCCCCCC. The molecule has 0 aliphatic carbocycles. The topological polar surface area (TPSA) is 69.6 Å². The van der Waals surface area contributed by atoms with Crippen molar-refractivity contribution < 1.29 is 15.0 Å². The van der Waals surface area contributed by atoms with E-state index in [1.807, 2.05) is 0 Å². The number of aliphatic hydroxyl groups is 2. The Morgan fingerprint density at radius 2 is 0.647 bits per heavy atom. The summed E-state index contributed by atoms with van der Waals surface area (Å²) in [4.78, 5) is 12.5. The third kappa shape index (κ3) is 54.8. The van der Waals surface area contributed by atoms with Crippen LogP contribution >= 0.6 is 0 Å². The average molecular weight is 949 g/mol. The standard InChI is InChI=1S/C64H117NO3/c1-3-5-7-9-11-13-15-17-19-21-23-25-27-29-31-32-34-36-38-40-42-44-46-48-50-52-54-56-58-60-64(68)65-62(61-66)63(67)59-57-55-53-51-49-47-45-43-41-39-37-35-33-30-28-26-24-22-20-18-16-14-12-10-8-6-4-2/h5,7,11,13,17,19,23,25,29,31,34,36,62-63,66-67H,3-4,6,8-10,12,14-16,18,20-22,24,26-28,30,32-33,35,37-61H2,1-2H3,(H,65,68)/b7-5-,13-11-,19-17-,25-23-,31-29-,36-34-. The number of hydrogen-bond acceptors (Lipinski definition) is 3. The lowest BCUT2D eigenvalue weighted by molar-refractivity contribution is -0.123. The number of carbonyl (C=O) groups excluding carboxylic acids is 1. The molecule has 0 aromatic rings. The lowest BCUT2D eigenvalue weighted by atomic mass is 10.0. The first-order valence-corrected chi connectivity index (χ1v) is 30.1. The minimum atomic E-state index is -0.667. The van der Waals surface area contributed by atoms with E-state index in [9.17, 15) is 15.0 Å². The highest BCUT2D eigenvalue weighted by Gasteiger charge is 2.20.